The van der Waals surface area contributed by atoms with Crippen LogP contribution in [-0.4, -0.2) is 11.4 Å². The van der Waals surface area contributed by atoms with Crippen molar-refractivity contribution in [2.45, 2.75) is 44.6 Å². The van der Waals surface area contributed by atoms with E-state index in [1.54, 1.807) is 0 Å². The van der Waals surface area contributed by atoms with E-state index in [9.17, 15) is 4.79 Å². The minimum Gasteiger partial charge on any atom is -0.306 e. The predicted octanol–water partition coefficient (Wildman–Crippen LogP) is 6.90. The molecule has 1 aliphatic heterocycles. The van der Waals surface area contributed by atoms with Gasteiger partial charge in [0, 0.05) is 16.6 Å². The minimum atomic E-state index is -0.319. The smallest absolute Gasteiger partial charge is 0.231 e. The third kappa shape index (κ3) is 3.31. The standard InChI is InChI=1S/C30H29NO/c1-29(2)21-30(3,24-15-5-4-6-16-24)26-18-9-10-19-27(26)31(29)28(32)20-23-14-11-13-22-12-7-8-17-25(22)23/h4-19H,20-21H2,1-3H3/t30-/m0/s1. The molecular weight excluding hydrogens is 390 g/mol. The van der Waals surface area contributed by atoms with Crippen molar-refractivity contribution < 1.29 is 4.79 Å². The van der Waals surface area contributed by atoms with E-state index in [0.717, 1.165) is 23.1 Å². The second-order valence-electron chi connectivity index (χ2n) is 9.75. The van der Waals surface area contributed by atoms with Crippen molar-refractivity contribution >= 4 is 22.4 Å². The number of fused-ring (bicyclic) bond motifs is 2. The first-order valence-corrected chi connectivity index (χ1v) is 11.3. The van der Waals surface area contributed by atoms with Crippen LogP contribution in [0.1, 0.15) is 43.9 Å². The van der Waals surface area contributed by atoms with Gasteiger partial charge in [0.05, 0.1) is 6.42 Å². The predicted molar refractivity (Wildman–Crippen MR) is 133 cm³/mol. The largest absolute Gasteiger partial charge is 0.306 e. The molecule has 160 valence electrons. The number of amides is 1. The normalized spacial score (nSPS) is 19.5. The summed E-state index contributed by atoms with van der Waals surface area (Å²) in [7, 11) is 0. The molecule has 0 saturated carbocycles. The molecule has 0 aliphatic carbocycles. The molecular formula is C30H29NO. The molecule has 0 saturated heterocycles. The van der Waals surface area contributed by atoms with E-state index in [0.29, 0.717) is 6.42 Å². The van der Waals surface area contributed by atoms with Gasteiger partial charge in [0.1, 0.15) is 0 Å². The Kier molecular flexibility index (Phi) is 4.89. The van der Waals surface area contributed by atoms with Crippen molar-refractivity contribution in [3.05, 3.63) is 114 Å². The highest BCUT2D eigenvalue weighted by molar-refractivity contribution is 6.00. The van der Waals surface area contributed by atoms with Crippen molar-refractivity contribution in [2.75, 3.05) is 4.90 Å². The SMILES string of the molecule is CC1(C)C[C@@](C)(c2ccccc2)c2ccccc2N1C(=O)Cc1cccc2ccccc12. The first kappa shape index (κ1) is 20.5. The number of hydrogen-bond donors (Lipinski definition) is 0. The monoisotopic (exact) mass is 419 g/mol. The summed E-state index contributed by atoms with van der Waals surface area (Å²) in [5, 5.41) is 2.33. The number of para-hydroxylation sites is 1. The lowest BCUT2D eigenvalue weighted by atomic mass is 9.65. The maximum atomic E-state index is 13.9. The first-order chi connectivity index (χ1) is 15.4. The third-order valence-corrected chi connectivity index (χ3v) is 7.01. The summed E-state index contributed by atoms with van der Waals surface area (Å²) in [5.41, 5.74) is 4.15. The fourth-order valence-corrected chi connectivity index (χ4v) is 5.72. The van der Waals surface area contributed by atoms with Crippen molar-refractivity contribution in [1.82, 2.24) is 0 Å². The molecule has 0 radical (unpaired) electrons. The summed E-state index contributed by atoms with van der Waals surface area (Å²) in [6, 6.07) is 33.7. The van der Waals surface area contributed by atoms with Gasteiger partial charge in [-0.1, -0.05) is 97.9 Å². The van der Waals surface area contributed by atoms with Crippen LogP contribution in [0.25, 0.3) is 10.8 Å². The molecule has 4 aromatic carbocycles. The van der Waals surface area contributed by atoms with Gasteiger partial charge in [-0.25, -0.2) is 0 Å². The van der Waals surface area contributed by atoms with Gasteiger partial charge in [0.25, 0.3) is 0 Å². The zero-order valence-corrected chi connectivity index (χ0v) is 19.0. The van der Waals surface area contributed by atoms with Gasteiger partial charge in [-0.05, 0) is 53.8 Å². The Labute approximate surface area is 190 Å². The molecule has 0 fully saturated rings. The number of carbonyl (C=O) groups excluding carboxylic acids is 1. The van der Waals surface area contributed by atoms with E-state index >= 15 is 0 Å². The van der Waals surface area contributed by atoms with Crippen molar-refractivity contribution in [3.8, 4) is 0 Å². The lowest BCUT2D eigenvalue weighted by Crippen LogP contribution is -2.56. The fourth-order valence-electron chi connectivity index (χ4n) is 5.72. The lowest BCUT2D eigenvalue weighted by Gasteiger charge is -2.51. The zero-order chi connectivity index (χ0) is 22.3. The van der Waals surface area contributed by atoms with Gasteiger partial charge in [-0.2, -0.15) is 0 Å². The van der Waals surface area contributed by atoms with Gasteiger partial charge in [0.2, 0.25) is 5.91 Å². The molecule has 1 heterocycles. The van der Waals surface area contributed by atoms with Crippen molar-refractivity contribution in [2.24, 2.45) is 0 Å². The van der Waals surface area contributed by atoms with E-state index in [1.165, 1.54) is 16.5 Å². The molecule has 4 aromatic rings. The van der Waals surface area contributed by atoms with Crippen LogP contribution >= 0.6 is 0 Å². The van der Waals surface area contributed by atoms with Gasteiger partial charge < -0.3 is 4.90 Å². The van der Waals surface area contributed by atoms with Crippen LogP contribution < -0.4 is 4.90 Å². The quantitative estimate of drug-likeness (QED) is 0.353. The summed E-state index contributed by atoms with van der Waals surface area (Å²) >= 11 is 0. The minimum absolute atomic E-state index is 0.147. The maximum absolute atomic E-state index is 13.9. The third-order valence-electron chi connectivity index (χ3n) is 7.01. The number of benzene rings is 4. The van der Waals surface area contributed by atoms with Gasteiger partial charge >= 0.3 is 0 Å². The Morgan fingerprint density at radius 3 is 2.25 bits per heavy atom. The van der Waals surface area contributed by atoms with Gasteiger partial charge in [-0.3, -0.25) is 4.79 Å². The van der Waals surface area contributed by atoms with E-state index < -0.39 is 0 Å². The molecule has 0 N–H and O–H groups in total. The number of carbonyl (C=O) groups is 1. The van der Waals surface area contributed by atoms with E-state index in [4.69, 9.17) is 0 Å². The van der Waals surface area contributed by atoms with Gasteiger partial charge in [0.15, 0.2) is 0 Å². The maximum Gasteiger partial charge on any atom is 0.231 e. The average Bonchev–Trinajstić information content (AvgIpc) is 2.79. The molecule has 32 heavy (non-hydrogen) atoms. The first-order valence-electron chi connectivity index (χ1n) is 11.3. The molecule has 0 aromatic heterocycles. The molecule has 1 aliphatic rings. The second kappa shape index (κ2) is 7.63. The lowest BCUT2D eigenvalue weighted by molar-refractivity contribution is -0.119. The van der Waals surface area contributed by atoms with Gasteiger partial charge in [-0.15, -0.1) is 0 Å². The van der Waals surface area contributed by atoms with Crippen LogP contribution in [0.15, 0.2) is 97.1 Å². The average molecular weight is 420 g/mol. The van der Waals surface area contributed by atoms with Crippen molar-refractivity contribution in [3.63, 3.8) is 0 Å². The number of hydrogen-bond acceptors (Lipinski definition) is 1. The Morgan fingerprint density at radius 2 is 1.44 bits per heavy atom. The fraction of sp³-hybridized carbons (Fsp3) is 0.233. The zero-order valence-electron chi connectivity index (χ0n) is 19.0. The van der Waals surface area contributed by atoms with Crippen LogP contribution in [0, 0.1) is 0 Å². The number of nitrogens with zero attached hydrogens (tertiary/aromatic N) is 1. The summed E-state index contributed by atoms with van der Waals surface area (Å²) in [6.07, 6.45) is 1.25. The summed E-state index contributed by atoms with van der Waals surface area (Å²) in [6.45, 7) is 6.71. The molecule has 5 rings (SSSR count). The molecule has 0 unspecified atom stereocenters. The topological polar surface area (TPSA) is 20.3 Å². The van der Waals surface area contributed by atoms with Crippen LogP contribution in [0.5, 0.6) is 0 Å². The molecule has 0 spiro atoms. The summed E-state index contributed by atoms with van der Waals surface area (Å²) in [5.74, 6) is 0.147. The highest BCUT2D eigenvalue weighted by Gasteiger charge is 2.47. The van der Waals surface area contributed by atoms with E-state index in [-0.39, 0.29) is 16.9 Å². The Hall–Kier alpha value is -3.39. The number of anilines is 1. The van der Waals surface area contributed by atoms with E-state index in [1.807, 2.05) is 24.3 Å². The highest BCUT2D eigenvalue weighted by Crippen LogP contribution is 2.50. The summed E-state index contributed by atoms with van der Waals surface area (Å²) < 4.78 is 0. The Balaban J connectivity index is 1.59. The number of rotatable bonds is 3. The van der Waals surface area contributed by atoms with Crippen LogP contribution in [0.2, 0.25) is 0 Å². The molecule has 1 amide bonds. The van der Waals surface area contributed by atoms with Crippen molar-refractivity contribution in [1.29, 1.82) is 0 Å². The van der Waals surface area contributed by atoms with E-state index in [2.05, 4.69) is 98.5 Å². The Bertz CT molecular complexity index is 1290. The second-order valence-corrected chi connectivity index (χ2v) is 9.75. The van der Waals surface area contributed by atoms with Crippen LogP contribution in [-0.2, 0) is 16.6 Å². The Morgan fingerprint density at radius 1 is 0.781 bits per heavy atom. The van der Waals surface area contributed by atoms with Crippen LogP contribution in [0.4, 0.5) is 5.69 Å². The molecule has 0 bridgehead atoms. The molecule has 1 atom stereocenters. The summed E-state index contributed by atoms with van der Waals surface area (Å²) in [4.78, 5) is 15.9. The van der Waals surface area contributed by atoms with Crippen LogP contribution in [0.3, 0.4) is 0 Å². The molecule has 2 heteroatoms. The highest BCUT2D eigenvalue weighted by atomic mass is 16.2. The molecule has 2 nitrogen and oxygen atoms in total.